The Morgan fingerprint density at radius 2 is 1.92 bits per heavy atom. The van der Waals surface area contributed by atoms with Gasteiger partial charge in [0.15, 0.2) is 0 Å². The Morgan fingerprint density at radius 3 is 2.64 bits per heavy atom. The van der Waals surface area contributed by atoms with Crippen molar-refractivity contribution in [3.05, 3.63) is 82.9 Å². The average Bonchev–Trinajstić information content (AvgIpc) is 2.67. The molecule has 25 heavy (non-hydrogen) atoms. The van der Waals surface area contributed by atoms with Crippen LogP contribution in [-0.2, 0) is 11.3 Å². The van der Waals surface area contributed by atoms with Crippen molar-refractivity contribution in [2.75, 3.05) is 0 Å². The van der Waals surface area contributed by atoms with Gasteiger partial charge in [0.05, 0.1) is 5.69 Å². The van der Waals surface area contributed by atoms with E-state index in [4.69, 9.17) is 0 Å². The second-order valence-corrected chi connectivity index (χ2v) is 5.62. The number of hydrogen-bond acceptors (Lipinski definition) is 4. The number of pyridine rings is 1. The Bertz CT molecular complexity index is 907. The largest absolute Gasteiger partial charge is 0.350 e. The van der Waals surface area contributed by atoms with E-state index in [0.29, 0.717) is 12.2 Å². The molecule has 1 amide bonds. The summed E-state index contributed by atoms with van der Waals surface area (Å²) in [6.07, 6.45) is 3.33. The monoisotopic (exact) mass is 334 g/mol. The lowest BCUT2D eigenvalue weighted by Crippen LogP contribution is -2.36. The van der Waals surface area contributed by atoms with Crippen molar-refractivity contribution in [2.24, 2.45) is 0 Å². The summed E-state index contributed by atoms with van der Waals surface area (Å²) in [6.45, 7) is 2.06. The number of benzene rings is 1. The lowest BCUT2D eigenvalue weighted by Gasteiger charge is -2.15. The van der Waals surface area contributed by atoms with Crippen LogP contribution in [0.1, 0.15) is 18.5 Å². The van der Waals surface area contributed by atoms with Gasteiger partial charge in [-0.05, 0) is 30.7 Å². The minimum Gasteiger partial charge on any atom is -0.350 e. The predicted octanol–water partition coefficient (Wildman–Crippen LogP) is 2.18. The first-order chi connectivity index (χ1) is 12.1. The quantitative estimate of drug-likeness (QED) is 0.776. The van der Waals surface area contributed by atoms with Gasteiger partial charge in [0, 0.05) is 30.6 Å². The van der Waals surface area contributed by atoms with Crippen molar-refractivity contribution < 1.29 is 4.79 Å². The van der Waals surface area contributed by atoms with E-state index in [2.05, 4.69) is 15.4 Å². The van der Waals surface area contributed by atoms with E-state index in [0.717, 1.165) is 11.1 Å². The molecule has 2 aromatic heterocycles. The van der Waals surface area contributed by atoms with Crippen LogP contribution < -0.4 is 10.9 Å². The van der Waals surface area contributed by atoms with Crippen molar-refractivity contribution in [3.8, 4) is 11.3 Å². The first kappa shape index (κ1) is 16.6. The maximum atomic E-state index is 12.4. The maximum Gasteiger partial charge on any atom is 0.267 e. The van der Waals surface area contributed by atoms with Crippen LogP contribution in [-0.4, -0.2) is 20.7 Å². The number of amides is 1. The smallest absolute Gasteiger partial charge is 0.267 e. The van der Waals surface area contributed by atoms with Crippen LogP contribution >= 0.6 is 0 Å². The first-order valence-electron chi connectivity index (χ1n) is 7.97. The molecule has 2 heterocycles. The molecule has 0 fully saturated rings. The zero-order valence-electron chi connectivity index (χ0n) is 13.8. The molecule has 1 atom stereocenters. The fourth-order valence-corrected chi connectivity index (χ4v) is 2.41. The van der Waals surface area contributed by atoms with E-state index in [1.54, 1.807) is 31.5 Å². The molecule has 1 unspecified atom stereocenters. The molecule has 3 aromatic rings. The van der Waals surface area contributed by atoms with Gasteiger partial charge in [-0.1, -0.05) is 30.3 Å². The van der Waals surface area contributed by atoms with Crippen LogP contribution in [0.5, 0.6) is 0 Å². The zero-order valence-corrected chi connectivity index (χ0v) is 13.8. The van der Waals surface area contributed by atoms with Gasteiger partial charge >= 0.3 is 0 Å². The van der Waals surface area contributed by atoms with E-state index >= 15 is 0 Å². The number of hydrogen-bond donors (Lipinski definition) is 1. The third kappa shape index (κ3) is 3.98. The van der Waals surface area contributed by atoms with Gasteiger partial charge in [-0.15, -0.1) is 0 Å². The lowest BCUT2D eigenvalue weighted by molar-refractivity contribution is -0.124. The van der Waals surface area contributed by atoms with E-state index in [-0.39, 0.29) is 11.5 Å². The van der Waals surface area contributed by atoms with Gasteiger partial charge in [0.25, 0.3) is 5.56 Å². The summed E-state index contributed by atoms with van der Waals surface area (Å²) in [4.78, 5) is 28.6. The van der Waals surface area contributed by atoms with Crippen molar-refractivity contribution in [3.63, 3.8) is 0 Å². The molecule has 0 spiro atoms. The molecular formula is C19H18N4O2. The number of carbonyl (C=O) groups excluding carboxylic acids is 1. The van der Waals surface area contributed by atoms with Gasteiger partial charge in [0.2, 0.25) is 5.91 Å². The molecule has 1 aromatic carbocycles. The molecule has 126 valence electrons. The zero-order chi connectivity index (χ0) is 17.6. The summed E-state index contributed by atoms with van der Waals surface area (Å²) in [7, 11) is 0. The van der Waals surface area contributed by atoms with Crippen molar-refractivity contribution in [1.29, 1.82) is 0 Å². The molecule has 1 N–H and O–H groups in total. The average molecular weight is 334 g/mol. The summed E-state index contributed by atoms with van der Waals surface area (Å²) < 4.78 is 1.20. The Hall–Kier alpha value is -3.28. The number of rotatable bonds is 5. The lowest BCUT2D eigenvalue weighted by atomic mass is 10.2. The molecule has 6 nitrogen and oxygen atoms in total. The highest BCUT2D eigenvalue weighted by molar-refractivity contribution is 5.79. The molecule has 0 radical (unpaired) electrons. The molecule has 0 saturated carbocycles. The highest BCUT2D eigenvalue weighted by Crippen LogP contribution is 2.14. The topological polar surface area (TPSA) is 76.9 Å². The van der Waals surface area contributed by atoms with Crippen molar-refractivity contribution in [1.82, 2.24) is 20.1 Å². The summed E-state index contributed by atoms with van der Waals surface area (Å²) in [5.74, 6) is -0.262. The third-order valence-corrected chi connectivity index (χ3v) is 3.84. The summed E-state index contributed by atoms with van der Waals surface area (Å²) in [5, 5.41) is 7.15. The molecule has 0 aliphatic carbocycles. The Balaban J connectivity index is 1.78. The van der Waals surface area contributed by atoms with Crippen LogP contribution in [0, 0.1) is 0 Å². The van der Waals surface area contributed by atoms with Crippen LogP contribution in [0.25, 0.3) is 11.3 Å². The molecule has 0 saturated heterocycles. The standard InChI is InChI=1S/C19H18N4O2/c1-14(19(25)21-12-15-6-3-2-4-7-15)23-18(24)10-9-17(22-23)16-8-5-11-20-13-16/h2-11,13-14H,12H2,1H3,(H,21,25). The highest BCUT2D eigenvalue weighted by Gasteiger charge is 2.17. The van der Waals surface area contributed by atoms with E-state index in [1.165, 1.54) is 10.7 Å². The molecular weight excluding hydrogens is 316 g/mol. The fourth-order valence-electron chi connectivity index (χ4n) is 2.41. The first-order valence-corrected chi connectivity index (χ1v) is 7.97. The molecule has 6 heteroatoms. The van der Waals surface area contributed by atoms with Gasteiger partial charge < -0.3 is 5.32 Å². The van der Waals surface area contributed by atoms with Crippen LogP contribution in [0.2, 0.25) is 0 Å². The molecule has 0 bridgehead atoms. The summed E-state index contributed by atoms with van der Waals surface area (Å²) in [6, 6.07) is 15.6. The third-order valence-electron chi connectivity index (χ3n) is 3.84. The highest BCUT2D eigenvalue weighted by atomic mass is 16.2. The molecule has 0 aliphatic heterocycles. The minimum atomic E-state index is -0.715. The molecule has 0 aliphatic rings. The van der Waals surface area contributed by atoms with Gasteiger partial charge in [-0.25, -0.2) is 4.68 Å². The Kier molecular flexibility index (Phi) is 4.99. The number of aromatic nitrogens is 3. The van der Waals surface area contributed by atoms with Crippen molar-refractivity contribution in [2.45, 2.75) is 19.5 Å². The predicted molar refractivity (Wildman–Crippen MR) is 94.7 cm³/mol. The number of nitrogens with zero attached hydrogens (tertiary/aromatic N) is 3. The van der Waals surface area contributed by atoms with Gasteiger partial charge in [0.1, 0.15) is 6.04 Å². The number of carbonyl (C=O) groups is 1. The van der Waals surface area contributed by atoms with Crippen LogP contribution in [0.15, 0.2) is 71.8 Å². The second-order valence-electron chi connectivity index (χ2n) is 5.62. The van der Waals surface area contributed by atoms with Gasteiger partial charge in [-0.3, -0.25) is 14.6 Å². The normalized spacial score (nSPS) is 11.7. The van der Waals surface area contributed by atoms with Crippen LogP contribution in [0.3, 0.4) is 0 Å². The van der Waals surface area contributed by atoms with Crippen molar-refractivity contribution >= 4 is 5.91 Å². The van der Waals surface area contributed by atoms with E-state index in [9.17, 15) is 9.59 Å². The van der Waals surface area contributed by atoms with Gasteiger partial charge in [-0.2, -0.15) is 5.10 Å². The van der Waals surface area contributed by atoms with E-state index < -0.39 is 6.04 Å². The number of nitrogens with one attached hydrogen (secondary N) is 1. The Labute approximate surface area is 145 Å². The van der Waals surface area contributed by atoms with Crippen LogP contribution in [0.4, 0.5) is 0 Å². The minimum absolute atomic E-state index is 0.262. The maximum absolute atomic E-state index is 12.4. The summed E-state index contributed by atoms with van der Waals surface area (Å²) >= 11 is 0. The van der Waals surface area contributed by atoms with E-state index in [1.807, 2.05) is 36.4 Å². The summed E-state index contributed by atoms with van der Waals surface area (Å²) in [5.41, 5.74) is 2.05. The fraction of sp³-hybridized carbons (Fsp3) is 0.158. The molecule has 3 rings (SSSR count). The SMILES string of the molecule is CC(C(=O)NCc1ccccc1)n1nc(-c2cccnc2)ccc1=O. The Morgan fingerprint density at radius 1 is 1.12 bits per heavy atom. The second kappa shape index (κ2) is 7.53.